The lowest BCUT2D eigenvalue weighted by molar-refractivity contribution is 0.482. The maximum Gasteiger partial charge on any atom is 0.269 e. The van der Waals surface area contributed by atoms with Gasteiger partial charge in [-0.2, -0.15) is 8.42 Å². The molecule has 2 rings (SSSR count). The van der Waals surface area contributed by atoms with Gasteiger partial charge in [0.15, 0.2) is 0 Å². The van der Waals surface area contributed by atoms with Gasteiger partial charge in [0, 0.05) is 3.57 Å². The van der Waals surface area contributed by atoms with Crippen molar-refractivity contribution in [2.24, 2.45) is 0 Å². The van der Waals surface area contributed by atoms with Crippen LogP contribution < -0.4 is 0 Å². The first-order valence-corrected chi connectivity index (χ1v) is 7.86. The van der Waals surface area contributed by atoms with Crippen LogP contribution in [0.1, 0.15) is 5.56 Å². The fraction of sp³-hybridized carbons (Fsp3) is 0.0769. The Hall–Kier alpha value is -0.920. The van der Waals surface area contributed by atoms with Crippen LogP contribution in [-0.4, -0.2) is 13.0 Å². The summed E-state index contributed by atoms with van der Waals surface area (Å²) in [6, 6.07) is 18.7. The molecular weight excluding hydrogens is 363 g/mol. The molecule has 0 heterocycles. The van der Waals surface area contributed by atoms with Crippen molar-refractivity contribution < 1.29 is 13.0 Å². The Kier molecular flexibility index (Phi) is 6.31. The first-order valence-electron chi connectivity index (χ1n) is 5.17. The molecule has 1 N–H and O–H groups in total. The van der Waals surface area contributed by atoms with E-state index in [1.807, 2.05) is 18.2 Å². The van der Waals surface area contributed by atoms with E-state index in [0.29, 0.717) is 5.56 Å². The van der Waals surface area contributed by atoms with Crippen LogP contribution in [0.4, 0.5) is 0 Å². The Labute approximate surface area is 121 Å². The highest BCUT2D eigenvalue weighted by Crippen LogP contribution is 2.02. The average molecular weight is 376 g/mol. The van der Waals surface area contributed by atoms with Crippen LogP contribution in [0.25, 0.3) is 0 Å². The molecule has 0 unspecified atom stereocenters. The predicted octanol–water partition coefficient (Wildman–Crippen LogP) is 3.37. The van der Waals surface area contributed by atoms with Gasteiger partial charge in [0.05, 0.1) is 0 Å². The van der Waals surface area contributed by atoms with Crippen molar-refractivity contribution in [1.82, 2.24) is 0 Å². The topological polar surface area (TPSA) is 54.4 Å². The molecule has 0 aliphatic carbocycles. The van der Waals surface area contributed by atoms with Gasteiger partial charge in [0.25, 0.3) is 10.1 Å². The molecule has 96 valence electrons. The average Bonchev–Trinajstić information content (AvgIpc) is 2.30. The lowest BCUT2D eigenvalue weighted by Gasteiger charge is -1.95. The summed E-state index contributed by atoms with van der Waals surface area (Å²) in [5, 5.41) is 0. The van der Waals surface area contributed by atoms with Crippen molar-refractivity contribution in [3.63, 3.8) is 0 Å². The van der Waals surface area contributed by atoms with Crippen LogP contribution in [0.15, 0.2) is 60.7 Å². The van der Waals surface area contributed by atoms with E-state index in [9.17, 15) is 8.42 Å². The van der Waals surface area contributed by atoms with Gasteiger partial charge in [-0.25, -0.2) is 0 Å². The second kappa shape index (κ2) is 7.50. The summed E-state index contributed by atoms with van der Waals surface area (Å²) < 4.78 is 30.4. The van der Waals surface area contributed by atoms with Gasteiger partial charge in [-0.15, -0.1) is 0 Å². The minimum Gasteiger partial charge on any atom is -0.285 e. The monoisotopic (exact) mass is 376 g/mol. The molecule has 0 fully saturated rings. The second-order valence-electron chi connectivity index (χ2n) is 3.51. The molecule has 0 aromatic heterocycles. The van der Waals surface area contributed by atoms with E-state index >= 15 is 0 Å². The SMILES string of the molecule is Ic1ccccc1.O=S(=O)(O)Cc1ccccc1. The second-order valence-corrected chi connectivity index (χ2v) is 6.21. The minimum absolute atomic E-state index is 0.312. The molecular formula is C13H13IO3S. The lowest BCUT2D eigenvalue weighted by atomic mass is 10.2. The van der Waals surface area contributed by atoms with Gasteiger partial charge in [0.2, 0.25) is 0 Å². The molecule has 0 bridgehead atoms. The van der Waals surface area contributed by atoms with Crippen LogP contribution in [0, 0.1) is 3.57 Å². The maximum absolute atomic E-state index is 10.4. The summed E-state index contributed by atoms with van der Waals surface area (Å²) in [5.41, 5.74) is 0.593. The van der Waals surface area contributed by atoms with Gasteiger partial charge in [-0.05, 0) is 40.3 Å². The van der Waals surface area contributed by atoms with Crippen molar-refractivity contribution in [2.45, 2.75) is 5.75 Å². The molecule has 3 nitrogen and oxygen atoms in total. The molecule has 0 saturated heterocycles. The Morgan fingerprint density at radius 1 is 0.889 bits per heavy atom. The summed E-state index contributed by atoms with van der Waals surface area (Å²) in [6.07, 6.45) is 0. The smallest absolute Gasteiger partial charge is 0.269 e. The van der Waals surface area contributed by atoms with Crippen LogP contribution in [0.2, 0.25) is 0 Å². The number of benzene rings is 2. The quantitative estimate of drug-likeness (QED) is 0.646. The lowest BCUT2D eigenvalue weighted by Crippen LogP contribution is -2.00. The Morgan fingerprint density at radius 3 is 1.67 bits per heavy atom. The standard InChI is InChI=1S/C7H8O3S.C6H5I/c8-11(9,10)6-7-4-2-1-3-5-7;7-6-4-2-1-3-5-6/h1-5H,6H2,(H,8,9,10);1-5H. The fourth-order valence-corrected chi connectivity index (χ4v) is 2.23. The normalized spacial score (nSPS) is 10.3. The maximum atomic E-state index is 10.4. The zero-order valence-electron chi connectivity index (χ0n) is 9.53. The molecule has 0 amide bonds. The van der Waals surface area contributed by atoms with Crippen LogP contribution in [0.3, 0.4) is 0 Å². The highest BCUT2D eigenvalue weighted by atomic mass is 127. The van der Waals surface area contributed by atoms with Gasteiger partial charge < -0.3 is 0 Å². The molecule has 0 radical (unpaired) electrons. The van der Waals surface area contributed by atoms with E-state index < -0.39 is 10.1 Å². The van der Waals surface area contributed by atoms with Crippen molar-refractivity contribution in [3.05, 3.63) is 69.8 Å². The van der Waals surface area contributed by atoms with Crippen molar-refractivity contribution in [2.75, 3.05) is 0 Å². The summed E-state index contributed by atoms with van der Waals surface area (Å²) in [6.45, 7) is 0. The van der Waals surface area contributed by atoms with Crippen molar-refractivity contribution in [1.29, 1.82) is 0 Å². The third-order valence-corrected chi connectivity index (χ3v) is 3.34. The third-order valence-electron chi connectivity index (χ3n) is 1.93. The highest BCUT2D eigenvalue weighted by molar-refractivity contribution is 14.1. The Morgan fingerprint density at radius 2 is 1.33 bits per heavy atom. The molecule has 2 aromatic rings. The van der Waals surface area contributed by atoms with Gasteiger partial charge >= 0.3 is 0 Å². The summed E-state index contributed by atoms with van der Waals surface area (Å²) in [7, 11) is -3.88. The van der Waals surface area contributed by atoms with E-state index in [1.165, 1.54) is 3.57 Å². The molecule has 2 aromatic carbocycles. The number of rotatable bonds is 2. The van der Waals surface area contributed by atoms with E-state index in [4.69, 9.17) is 4.55 Å². The third kappa shape index (κ3) is 7.41. The fourth-order valence-electron chi connectivity index (χ4n) is 1.20. The van der Waals surface area contributed by atoms with Crippen LogP contribution >= 0.6 is 22.6 Å². The predicted molar refractivity (Wildman–Crippen MR) is 80.9 cm³/mol. The molecule has 0 spiro atoms. The number of hydrogen-bond acceptors (Lipinski definition) is 2. The molecule has 0 saturated carbocycles. The number of halogens is 1. The van der Waals surface area contributed by atoms with E-state index in [-0.39, 0.29) is 5.75 Å². The first-order chi connectivity index (χ1) is 8.47. The summed E-state index contributed by atoms with van der Waals surface area (Å²) in [5.74, 6) is -0.312. The largest absolute Gasteiger partial charge is 0.285 e. The van der Waals surface area contributed by atoms with Gasteiger partial charge in [0.1, 0.15) is 5.75 Å². The highest BCUT2D eigenvalue weighted by Gasteiger charge is 2.04. The van der Waals surface area contributed by atoms with Crippen molar-refractivity contribution in [3.8, 4) is 0 Å². The minimum atomic E-state index is -3.88. The zero-order chi connectivity index (χ0) is 13.4. The van der Waals surface area contributed by atoms with E-state index in [2.05, 4.69) is 34.7 Å². The van der Waals surface area contributed by atoms with Crippen LogP contribution in [-0.2, 0) is 15.9 Å². The molecule has 5 heteroatoms. The molecule has 0 atom stereocenters. The first kappa shape index (κ1) is 15.1. The van der Waals surface area contributed by atoms with Crippen molar-refractivity contribution >= 4 is 32.7 Å². The summed E-state index contributed by atoms with van der Waals surface area (Å²) >= 11 is 2.28. The zero-order valence-corrected chi connectivity index (χ0v) is 12.5. The molecule has 0 aliphatic rings. The van der Waals surface area contributed by atoms with E-state index in [0.717, 1.165) is 0 Å². The van der Waals surface area contributed by atoms with E-state index in [1.54, 1.807) is 30.3 Å². The Bertz CT molecular complexity index is 553. The summed E-state index contributed by atoms with van der Waals surface area (Å²) in [4.78, 5) is 0. The van der Waals surface area contributed by atoms with Gasteiger partial charge in [-0.3, -0.25) is 4.55 Å². The Balaban J connectivity index is 0.000000199. The van der Waals surface area contributed by atoms with Crippen LogP contribution in [0.5, 0.6) is 0 Å². The number of hydrogen-bond donors (Lipinski definition) is 1. The molecule has 18 heavy (non-hydrogen) atoms. The van der Waals surface area contributed by atoms with Gasteiger partial charge in [-0.1, -0.05) is 48.5 Å². The molecule has 0 aliphatic heterocycles.